The van der Waals surface area contributed by atoms with Crippen LogP contribution in [0.25, 0.3) is 0 Å². The van der Waals surface area contributed by atoms with Crippen molar-refractivity contribution in [3.05, 3.63) is 51.0 Å². The van der Waals surface area contributed by atoms with E-state index in [9.17, 15) is 34.1 Å². The number of anilines is 1. The summed E-state index contributed by atoms with van der Waals surface area (Å²) in [6.45, 7) is 3.43. The molecule has 3 N–H and O–H groups in total. The van der Waals surface area contributed by atoms with Crippen LogP contribution in [0.5, 0.6) is 0 Å². The van der Waals surface area contributed by atoms with Crippen LogP contribution in [-0.2, 0) is 44.9 Å². The molecule has 2 unspecified atom stereocenters. The number of thiazole rings is 1. The van der Waals surface area contributed by atoms with Crippen molar-refractivity contribution in [1.82, 2.24) is 15.6 Å². The maximum Gasteiger partial charge on any atom is 0.353 e. The molecule has 2 atom stereocenters. The number of oxime groups is 1. The van der Waals surface area contributed by atoms with E-state index < -0.39 is 58.0 Å². The second kappa shape index (κ2) is 13.8. The van der Waals surface area contributed by atoms with E-state index >= 15 is 0 Å². The van der Waals surface area contributed by atoms with Crippen molar-refractivity contribution in [2.75, 3.05) is 17.8 Å². The van der Waals surface area contributed by atoms with E-state index in [4.69, 9.17) is 25.9 Å². The molecule has 0 radical (unpaired) electrons. The Bertz CT molecular complexity index is 1410. The number of nitrogens with one attached hydrogen (secondary N) is 3. The number of carbonyl (C=O) groups excluding carboxylic acids is 5. The highest BCUT2D eigenvalue weighted by molar-refractivity contribution is 7.14. The normalized spacial score (nSPS) is 16.4. The summed E-state index contributed by atoms with van der Waals surface area (Å²) >= 11 is 6.45. The highest BCUT2D eigenvalue weighted by Gasteiger charge is 2.42. The number of amides is 3. The molecule has 1 aromatic heterocycles. The minimum atomic E-state index is -1.73. The molecule has 3 amide bonds. The smallest absolute Gasteiger partial charge is 0.353 e. The fourth-order valence-corrected chi connectivity index (χ4v) is 3.97. The van der Waals surface area contributed by atoms with E-state index in [0.717, 1.165) is 11.3 Å². The quantitative estimate of drug-likeness (QED) is 0.0713. The minimum Gasteiger partial charge on any atom is -0.464 e. The number of hydrogen-bond acceptors (Lipinski definition) is 13. The molecule has 224 valence electrons. The third kappa shape index (κ3) is 8.43. The number of rotatable bonds is 13. The molecule has 1 fully saturated rings. The Labute approximate surface area is 246 Å². The summed E-state index contributed by atoms with van der Waals surface area (Å²) < 4.78 is 10.1. The van der Waals surface area contributed by atoms with Gasteiger partial charge in [-0.3, -0.25) is 29.3 Å². The summed E-state index contributed by atoms with van der Waals surface area (Å²) in [5.74, 6) is -3.79. The number of halogens is 1. The molecule has 3 rings (SSSR count). The SMILES string of the molecule is CC(=O)OCC1NC(=O)C1NC(=O)C(=NOC(C)(C)C(=O)OCc1ccc([N+](=O)[O-])cc1)c1csc(NC(=O)CCl)n1. The van der Waals surface area contributed by atoms with Gasteiger partial charge in [0.15, 0.2) is 10.8 Å². The first-order valence-corrected chi connectivity index (χ1v) is 13.4. The maximum atomic E-state index is 13.2. The van der Waals surface area contributed by atoms with Crippen LogP contribution < -0.4 is 16.0 Å². The van der Waals surface area contributed by atoms with Gasteiger partial charge in [0.2, 0.25) is 17.4 Å². The van der Waals surface area contributed by atoms with Crippen molar-refractivity contribution in [1.29, 1.82) is 0 Å². The van der Waals surface area contributed by atoms with Crippen molar-refractivity contribution in [3.8, 4) is 0 Å². The van der Waals surface area contributed by atoms with Gasteiger partial charge >= 0.3 is 11.9 Å². The Morgan fingerprint density at radius 3 is 2.50 bits per heavy atom. The Morgan fingerprint density at radius 2 is 1.90 bits per heavy atom. The van der Waals surface area contributed by atoms with Gasteiger partial charge < -0.3 is 30.3 Å². The number of nitrogens with zero attached hydrogens (tertiary/aromatic N) is 3. The first-order valence-electron chi connectivity index (χ1n) is 12.0. The second-order valence-corrected chi connectivity index (χ2v) is 10.3. The first-order chi connectivity index (χ1) is 19.8. The largest absolute Gasteiger partial charge is 0.464 e. The van der Waals surface area contributed by atoms with Crippen LogP contribution in [0.2, 0.25) is 0 Å². The van der Waals surface area contributed by atoms with Gasteiger partial charge in [0, 0.05) is 24.4 Å². The topological polar surface area (TPSA) is 218 Å². The third-order valence-electron chi connectivity index (χ3n) is 5.47. The molecule has 1 saturated heterocycles. The van der Waals surface area contributed by atoms with E-state index in [1.807, 2.05) is 0 Å². The number of aromatic nitrogens is 1. The Kier molecular flexibility index (Phi) is 10.5. The van der Waals surface area contributed by atoms with E-state index in [1.54, 1.807) is 0 Å². The lowest BCUT2D eigenvalue weighted by Gasteiger charge is -2.36. The molecule has 2 aromatic rings. The molecule has 18 heteroatoms. The highest BCUT2D eigenvalue weighted by atomic mass is 35.5. The van der Waals surface area contributed by atoms with Crippen LogP contribution in [0.15, 0.2) is 34.8 Å². The fourth-order valence-electron chi connectivity index (χ4n) is 3.19. The molecular weight excluding hydrogens is 600 g/mol. The summed E-state index contributed by atoms with van der Waals surface area (Å²) in [5.41, 5.74) is -1.89. The first kappa shape index (κ1) is 31.9. The van der Waals surface area contributed by atoms with Gasteiger partial charge in [-0.05, 0) is 31.5 Å². The van der Waals surface area contributed by atoms with Crippen molar-refractivity contribution >= 4 is 69.1 Å². The van der Waals surface area contributed by atoms with Crippen LogP contribution >= 0.6 is 22.9 Å². The van der Waals surface area contributed by atoms with E-state index in [2.05, 4.69) is 26.1 Å². The van der Waals surface area contributed by atoms with Gasteiger partial charge in [-0.1, -0.05) is 5.16 Å². The van der Waals surface area contributed by atoms with Gasteiger partial charge in [0.1, 0.15) is 30.8 Å². The molecule has 1 aromatic carbocycles. The van der Waals surface area contributed by atoms with Crippen molar-refractivity contribution < 1.29 is 43.2 Å². The third-order valence-corrected chi connectivity index (χ3v) is 6.47. The lowest BCUT2D eigenvalue weighted by atomic mass is 9.99. The predicted molar refractivity (Wildman–Crippen MR) is 147 cm³/mol. The average molecular weight is 625 g/mol. The lowest BCUT2D eigenvalue weighted by molar-refractivity contribution is -0.384. The summed E-state index contributed by atoms with van der Waals surface area (Å²) in [4.78, 5) is 80.6. The van der Waals surface area contributed by atoms with Gasteiger partial charge in [-0.2, -0.15) is 0 Å². The van der Waals surface area contributed by atoms with Crippen LogP contribution in [0.4, 0.5) is 10.8 Å². The molecular formula is C24H25ClN6O10S. The van der Waals surface area contributed by atoms with Crippen LogP contribution in [-0.4, -0.2) is 75.5 Å². The fraction of sp³-hybridized carbons (Fsp3) is 0.375. The van der Waals surface area contributed by atoms with Crippen molar-refractivity contribution in [2.45, 2.75) is 45.1 Å². The number of non-ortho nitro benzene ring substituents is 1. The van der Waals surface area contributed by atoms with Crippen molar-refractivity contribution in [2.24, 2.45) is 5.16 Å². The average Bonchev–Trinajstić information content (AvgIpc) is 3.40. The summed E-state index contributed by atoms with van der Waals surface area (Å²) in [7, 11) is 0. The zero-order valence-electron chi connectivity index (χ0n) is 22.4. The number of carbonyl (C=O) groups is 5. The number of benzene rings is 1. The van der Waals surface area contributed by atoms with Gasteiger partial charge in [-0.25, -0.2) is 9.78 Å². The number of hydrogen-bond donors (Lipinski definition) is 3. The highest BCUT2D eigenvalue weighted by Crippen LogP contribution is 2.20. The van der Waals surface area contributed by atoms with Crippen LogP contribution in [0.3, 0.4) is 0 Å². The second-order valence-electron chi connectivity index (χ2n) is 9.13. The summed E-state index contributed by atoms with van der Waals surface area (Å²) in [6, 6.07) is 3.60. The molecule has 0 spiro atoms. The monoisotopic (exact) mass is 624 g/mol. The number of β-lactam (4-membered cyclic amide) rings is 1. The molecule has 1 aliphatic heterocycles. The maximum absolute atomic E-state index is 13.2. The van der Waals surface area contributed by atoms with Gasteiger partial charge in [0.05, 0.1) is 11.0 Å². The molecule has 1 aliphatic rings. The molecule has 42 heavy (non-hydrogen) atoms. The zero-order chi connectivity index (χ0) is 31.0. The number of esters is 2. The van der Waals surface area contributed by atoms with Crippen molar-refractivity contribution in [3.63, 3.8) is 0 Å². The summed E-state index contributed by atoms with van der Waals surface area (Å²) in [5, 5.41) is 23.5. The van der Waals surface area contributed by atoms with Gasteiger partial charge in [-0.15, -0.1) is 22.9 Å². The molecule has 16 nitrogen and oxygen atoms in total. The minimum absolute atomic E-state index is 0.0614. The Hall–Kier alpha value is -4.64. The number of ether oxygens (including phenoxy) is 2. The molecule has 0 bridgehead atoms. The van der Waals surface area contributed by atoms with Gasteiger partial charge in [0.25, 0.3) is 11.6 Å². The molecule has 0 saturated carbocycles. The van der Waals surface area contributed by atoms with E-state index in [-0.39, 0.29) is 35.6 Å². The zero-order valence-corrected chi connectivity index (χ0v) is 23.9. The van der Waals surface area contributed by atoms with E-state index in [0.29, 0.717) is 5.56 Å². The standard InChI is InChI=1S/C24H25ClN6O10S/c1-12(32)39-10-15-18(20(34)26-15)29-21(35)19(16-11-42-23(27-16)28-17(33)8-25)30-41-24(2,3)22(36)40-9-13-4-6-14(7-5-13)31(37)38/h4-7,11,15,18H,8-10H2,1-3H3,(H,26,34)(H,29,35)(H,27,28,33). The van der Waals surface area contributed by atoms with Crippen LogP contribution in [0, 0.1) is 10.1 Å². The van der Waals surface area contributed by atoms with Crippen LogP contribution in [0.1, 0.15) is 32.0 Å². The summed E-state index contributed by atoms with van der Waals surface area (Å²) in [6.07, 6.45) is 0. The number of nitro groups is 1. The Morgan fingerprint density at radius 1 is 1.21 bits per heavy atom. The van der Waals surface area contributed by atoms with E-state index in [1.165, 1.54) is 50.4 Å². The number of alkyl halides is 1. The Balaban J connectivity index is 1.76. The lowest BCUT2D eigenvalue weighted by Crippen LogP contribution is -2.71. The molecule has 2 heterocycles. The molecule has 0 aliphatic carbocycles. The predicted octanol–water partition coefficient (Wildman–Crippen LogP) is 1.02. The number of nitro benzene ring substituents is 1.